The minimum absolute atomic E-state index is 0.307. The largest absolute Gasteiger partial charge is 0.428 e. The second kappa shape index (κ2) is 3.86. The van der Waals surface area contributed by atoms with Crippen LogP contribution in [0.1, 0.15) is 11.1 Å². The Balaban J connectivity index is 2.39. The summed E-state index contributed by atoms with van der Waals surface area (Å²) in [5, 5.41) is 8.73. The maximum atomic E-state index is 11.6. The van der Waals surface area contributed by atoms with Crippen LogP contribution < -0.4 is 4.90 Å². The molecular formula is C12H12N2O2. The number of carbonyl (C=O) groups excluding carboxylic acids is 1. The first-order valence-corrected chi connectivity index (χ1v) is 5.07. The number of rotatable bonds is 1. The van der Waals surface area contributed by atoms with Crippen molar-refractivity contribution < 1.29 is 9.53 Å². The van der Waals surface area contributed by atoms with Crippen LogP contribution in [0.4, 0.5) is 10.5 Å². The number of cyclic esters (lactones) is 1. The second-order valence-electron chi connectivity index (χ2n) is 3.85. The molecule has 0 N–H and O–H groups in total. The third-order valence-corrected chi connectivity index (χ3v) is 2.67. The summed E-state index contributed by atoms with van der Waals surface area (Å²) in [6.45, 7) is 4.19. The molecule has 1 aromatic rings. The lowest BCUT2D eigenvalue weighted by Gasteiger charge is -2.17. The number of amides is 1. The number of anilines is 1. The van der Waals surface area contributed by atoms with Gasteiger partial charge in [-0.1, -0.05) is 18.2 Å². The van der Waals surface area contributed by atoms with Gasteiger partial charge >= 0.3 is 6.09 Å². The number of ether oxygens (including phenoxy) is 1. The Labute approximate surface area is 94.0 Å². The molecule has 1 aliphatic rings. The van der Waals surface area contributed by atoms with E-state index in [-0.39, 0.29) is 0 Å². The van der Waals surface area contributed by atoms with E-state index in [1.807, 2.05) is 38.1 Å². The summed E-state index contributed by atoms with van der Waals surface area (Å²) in [6, 6.07) is 7.77. The first-order chi connectivity index (χ1) is 7.63. The van der Waals surface area contributed by atoms with Gasteiger partial charge in [0, 0.05) is 0 Å². The highest BCUT2D eigenvalue weighted by atomic mass is 16.6. The molecule has 0 radical (unpaired) electrons. The van der Waals surface area contributed by atoms with Gasteiger partial charge in [-0.25, -0.2) is 4.79 Å². The topological polar surface area (TPSA) is 53.3 Å². The van der Waals surface area contributed by atoms with Crippen molar-refractivity contribution in [2.45, 2.75) is 20.0 Å². The third-order valence-electron chi connectivity index (χ3n) is 2.67. The lowest BCUT2D eigenvalue weighted by Crippen LogP contribution is -2.25. The summed E-state index contributed by atoms with van der Waals surface area (Å²) in [4.78, 5) is 13.1. The summed E-state index contributed by atoms with van der Waals surface area (Å²) >= 11 is 0. The molecule has 1 atom stereocenters. The van der Waals surface area contributed by atoms with Crippen LogP contribution in [0.25, 0.3) is 0 Å². The number of hydrogen-bond acceptors (Lipinski definition) is 3. The Morgan fingerprint density at radius 1 is 1.44 bits per heavy atom. The maximum Gasteiger partial charge on any atom is 0.415 e. The van der Waals surface area contributed by atoms with Crippen LogP contribution in [0.2, 0.25) is 0 Å². The zero-order valence-electron chi connectivity index (χ0n) is 9.23. The van der Waals surface area contributed by atoms with E-state index in [0.29, 0.717) is 6.54 Å². The van der Waals surface area contributed by atoms with E-state index in [0.717, 1.165) is 16.8 Å². The number of carbonyl (C=O) groups is 1. The van der Waals surface area contributed by atoms with Crippen LogP contribution in [0.15, 0.2) is 18.2 Å². The number of nitrogens with zero attached hydrogens (tertiary/aromatic N) is 2. The van der Waals surface area contributed by atoms with Crippen molar-refractivity contribution in [2.75, 3.05) is 11.4 Å². The van der Waals surface area contributed by atoms with Crippen LogP contribution in [0.3, 0.4) is 0 Å². The van der Waals surface area contributed by atoms with Gasteiger partial charge in [-0.15, -0.1) is 0 Å². The van der Waals surface area contributed by atoms with Gasteiger partial charge in [-0.2, -0.15) is 5.26 Å². The SMILES string of the molecule is Cc1cccc(C)c1N1CC(C#N)OC1=O. The van der Waals surface area contributed by atoms with E-state index in [4.69, 9.17) is 10.00 Å². The summed E-state index contributed by atoms with van der Waals surface area (Å²) in [5.74, 6) is 0. The highest BCUT2D eigenvalue weighted by Crippen LogP contribution is 2.28. The van der Waals surface area contributed by atoms with Crippen molar-refractivity contribution in [1.82, 2.24) is 0 Å². The molecule has 1 fully saturated rings. The molecule has 0 aliphatic carbocycles. The fourth-order valence-electron chi connectivity index (χ4n) is 1.94. The highest BCUT2D eigenvalue weighted by Gasteiger charge is 2.33. The fourth-order valence-corrected chi connectivity index (χ4v) is 1.94. The molecule has 1 amide bonds. The van der Waals surface area contributed by atoms with Gasteiger partial charge in [0.15, 0.2) is 0 Å². The van der Waals surface area contributed by atoms with Crippen LogP contribution in [-0.4, -0.2) is 18.7 Å². The molecule has 0 spiro atoms. The normalized spacial score (nSPS) is 19.4. The maximum absolute atomic E-state index is 11.6. The summed E-state index contributed by atoms with van der Waals surface area (Å²) in [6.07, 6.45) is -1.10. The lowest BCUT2D eigenvalue weighted by atomic mass is 10.1. The Kier molecular flexibility index (Phi) is 2.53. The summed E-state index contributed by atoms with van der Waals surface area (Å²) in [5.41, 5.74) is 2.87. The predicted molar refractivity (Wildman–Crippen MR) is 59.1 cm³/mol. The van der Waals surface area contributed by atoms with Crippen molar-refractivity contribution >= 4 is 11.8 Å². The van der Waals surface area contributed by atoms with Crippen molar-refractivity contribution in [3.63, 3.8) is 0 Å². The standard InChI is InChI=1S/C12H12N2O2/c1-8-4-3-5-9(2)11(8)14-7-10(6-13)16-12(14)15/h3-5,10H,7H2,1-2H3. The van der Waals surface area contributed by atoms with Gasteiger partial charge in [0.2, 0.25) is 6.10 Å². The molecule has 0 aromatic heterocycles. The quantitative estimate of drug-likeness (QED) is 0.722. The van der Waals surface area contributed by atoms with Gasteiger partial charge < -0.3 is 4.74 Å². The minimum atomic E-state index is -0.661. The second-order valence-corrected chi connectivity index (χ2v) is 3.85. The van der Waals surface area contributed by atoms with Gasteiger partial charge in [-0.05, 0) is 25.0 Å². The molecule has 4 nitrogen and oxygen atoms in total. The number of hydrogen-bond donors (Lipinski definition) is 0. The van der Waals surface area contributed by atoms with E-state index < -0.39 is 12.2 Å². The first-order valence-electron chi connectivity index (χ1n) is 5.07. The molecule has 0 bridgehead atoms. The number of aryl methyl sites for hydroxylation is 2. The molecule has 2 rings (SSSR count). The van der Waals surface area contributed by atoms with Crippen LogP contribution in [0, 0.1) is 25.2 Å². The molecule has 1 unspecified atom stereocenters. The number of para-hydroxylation sites is 1. The Hall–Kier alpha value is -2.02. The lowest BCUT2D eigenvalue weighted by molar-refractivity contribution is 0.162. The van der Waals surface area contributed by atoms with Crippen LogP contribution >= 0.6 is 0 Å². The zero-order valence-corrected chi connectivity index (χ0v) is 9.23. The van der Waals surface area contributed by atoms with Crippen molar-refractivity contribution in [2.24, 2.45) is 0 Å². The number of nitriles is 1. The molecule has 1 aromatic carbocycles. The minimum Gasteiger partial charge on any atom is -0.428 e. The van der Waals surface area contributed by atoms with Crippen molar-refractivity contribution in [3.8, 4) is 6.07 Å². The molecule has 16 heavy (non-hydrogen) atoms. The van der Waals surface area contributed by atoms with Crippen LogP contribution in [0.5, 0.6) is 0 Å². The van der Waals surface area contributed by atoms with Crippen molar-refractivity contribution in [1.29, 1.82) is 5.26 Å². The van der Waals surface area contributed by atoms with E-state index in [1.165, 1.54) is 4.90 Å². The van der Waals surface area contributed by atoms with Crippen LogP contribution in [-0.2, 0) is 4.74 Å². The molecule has 0 saturated carbocycles. The Bertz CT molecular complexity index is 456. The molecule has 82 valence electrons. The Morgan fingerprint density at radius 2 is 2.06 bits per heavy atom. The summed E-state index contributed by atoms with van der Waals surface area (Å²) < 4.78 is 4.91. The molecule has 4 heteroatoms. The average Bonchev–Trinajstić information content (AvgIpc) is 2.60. The van der Waals surface area contributed by atoms with Crippen molar-refractivity contribution in [3.05, 3.63) is 29.3 Å². The third kappa shape index (κ3) is 1.61. The van der Waals surface area contributed by atoms with E-state index in [1.54, 1.807) is 0 Å². The number of benzene rings is 1. The van der Waals surface area contributed by atoms with Gasteiger partial charge in [-0.3, -0.25) is 4.90 Å². The predicted octanol–water partition coefficient (Wildman–Crippen LogP) is 2.15. The van der Waals surface area contributed by atoms with E-state index in [2.05, 4.69) is 0 Å². The highest BCUT2D eigenvalue weighted by molar-refractivity contribution is 5.92. The Morgan fingerprint density at radius 3 is 2.56 bits per heavy atom. The molecule has 1 saturated heterocycles. The van der Waals surface area contributed by atoms with Gasteiger partial charge in [0.05, 0.1) is 12.2 Å². The fraction of sp³-hybridized carbons (Fsp3) is 0.333. The molecular weight excluding hydrogens is 204 g/mol. The monoisotopic (exact) mass is 216 g/mol. The van der Waals surface area contributed by atoms with E-state index in [9.17, 15) is 4.79 Å². The van der Waals surface area contributed by atoms with E-state index >= 15 is 0 Å². The van der Waals surface area contributed by atoms with Gasteiger partial charge in [0.25, 0.3) is 0 Å². The smallest absolute Gasteiger partial charge is 0.415 e. The summed E-state index contributed by atoms with van der Waals surface area (Å²) in [7, 11) is 0. The molecule has 1 heterocycles. The van der Waals surface area contributed by atoms with Gasteiger partial charge in [0.1, 0.15) is 6.07 Å². The average molecular weight is 216 g/mol. The first kappa shape index (κ1) is 10.5. The molecule has 1 aliphatic heterocycles. The zero-order chi connectivity index (χ0) is 11.7.